The van der Waals surface area contributed by atoms with Gasteiger partial charge in [0.1, 0.15) is 5.82 Å². The van der Waals surface area contributed by atoms with E-state index in [0.29, 0.717) is 11.8 Å². The van der Waals surface area contributed by atoms with E-state index in [1.165, 1.54) is 5.56 Å². The number of ether oxygens (including phenoxy) is 1. The van der Waals surface area contributed by atoms with Crippen molar-refractivity contribution in [2.75, 3.05) is 43.5 Å². The molecule has 28 heavy (non-hydrogen) atoms. The molecular weight excluding hydrogens is 352 g/mol. The van der Waals surface area contributed by atoms with Crippen molar-refractivity contribution < 1.29 is 4.74 Å². The molecule has 0 unspecified atom stereocenters. The maximum absolute atomic E-state index is 5.13. The number of rotatable bonds is 6. The molecule has 0 radical (unpaired) electrons. The summed E-state index contributed by atoms with van der Waals surface area (Å²) >= 11 is 0. The van der Waals surface area contributed by atoms with E-state index in [0.717, 1.165) is 44.2 Å². The molecule has 1 fully saturated rings. The first kappa shape index (κ1) is 18.2. The van der Waals surface area contributed by atoms with Crippen LogP contribution in [0.1, 0.15) is 5.56 Å². The van der Waals surface area contributed by atoms with Gasteiger partial charge < -0.3 is 15.0 Å². The topological polar surface area (TPSA) is 66.4 Å². The van der Waals surface area contributed by atoms with Crippen LogP contribution in [-0.2, 0) is 6.54 Å². The van der Waals surface area contributed by atoms with Gasteiger partial charge in [0.15, 0.2) is 0 Å². The number of hydrogen-bond donors (Lipinski definition) is 1. The number of anilines is 3. The van der Waals surface area contributed by atoms with Crippen molar-refractivity contribution in [3.05, 3.63) is 66.5 Å². The molecule has 1 N–H and O–H groups in total. The molecule has 0 amide bonds. The Labute approximate surface area is 165 Å². The van der Waals surface area contributed by atoms with E-state index in [1.54, 1.807) is 19.4 Å². The molecule has 0 atom stereocenters. The van der Waals surface area contributed by atoms with Crippen LogP contribution in [0.15, 0.2) is 60.9 Å². The van der Waals surface area contributed by atoms with E-state index >= 15 is 0 Å². The summed E-state index contributed by atoms with van der Waals surface area (Å²) in [6.07, 6.45) is 3.53. The molecule has 0 bridgehead atoms. The van der Waals surface area contributed by atoms with Crippen molar-refractivity contribution in [2.45, 2.75) is 6.54 Å². The lowest BCUT2D eigenvalue weighted by Gasteiger charge is -2.35. The van der Waals surface area contributed by atoms with Crippen molar-refractivity contribution in [1.29, 1.82) is 0 Å². The molecule has 1 aromatic carbocycles. The van der Waals surface area contributed by atoms with Gasteiger partial charge >= 0.3 is 0 Å². The standard InChI is InChI=1S/C21H24N6O/c1-28-20-9-11-23-21(25-20)24-18-7-5-17(6-8-18)16-26-12-14-27(15-13-26)19-4-2-3-10-22-19/h2-11H,12-16H2,1H3,(H,23,24,25). The van der Waals surface area contributed by atoms with E-state index in [1.807, 2.05) is 18.3 Å². The van der Waals surface area contributed by atoms with Crippen LogP contribution in [0.25, 0.3) is 0 Å². The third kappa shape index (κ3) is 4.55. The van der Waals surface area contributed by atoms with Crippen LogP contribution in [0.3, 0.4) is 0 Å². The summed E-state index contributed by atoms with van der Waals surface area (Å²) in [5, 5.41) is 3.20. The highest BCUT2D eigenvalue weighted by molar-refractivity contribution is 5.53. The quantitative estimate of drug-likeness (QED) is 0.709. The van der Waals surface area contributed by atoms with Gasteiger partial charge in [-0.25, -0.2) is 9.97 Å². The molecule has 0 spiro atoms. The summed E-state index contributed by atoms with van der Waals surface area (Å²) in [5.74, 6) is 2.13. The summed E-state index contributed by atoms with van der Waals surface area (Å²) in [6, 6.07) is 16.2. The number of benzene rings is 1. The Morgan fingerprint density at radius 3 is 2.46 bits per heavy atom. The van der Waals surface area contributed by atoms with Crippen molar-refractivity contribution in [1.82, 2.24) is 19.9 Å². The lowest BCUT2D eigenvalue weighted by molar-refractivity contribution is 0.249. The number of nitrogens with one attached hydrogen (secondary N) is 1. The highest BCUT2D eigenvalue weighted by Gasteiger charge is 2.17. The van der Waals surface area contributed by atoms with Gasteiger partial charge in [-0.15, -0.1) is 0 Å². The van der Waals surface area contributed by atoms with Crippen LogP contribution >= 0.6 is 0 Å². The molecule has 7 nitrogen and oxygen atoms in total. The third-order valence-electron chi connectivity index (χ3n) is 4.80. The van der Waals surface area contributed by atoms with E-state index < -0.39 is 0 Å². The fraction of sp³-hybridized carbons (Fsp3) is 0.286. The Morgan fingerprint density at radius 1 is 0.929 bits per heavy atom. The zero-order valence-corrected chi connectivity index (χ0v) is 16.0. The van der Waals surface area contributed by atoms with Crippen molar-refractivity contribution in [3.63, 3.8) is 0 Å². The van der Waals surface area contributed by atoms with Gasteiger partial charge in [0, 0.05) is 56.9 Å². The summed E-state index contributed by atoms with van der Waals surface area (Å²) in [5.41, 5.74) is 2.25. The third-order valence-corrected chi connectivity index (χ3v) is 4.80. The van der Waals surface area contributed by atoms with E-state index in [4.69, 9.17) is 4.74 Å². The molecule has 1 aliphatic rings. The van der Waals surface area contributed by atoms with Crippen LogP contribution in [-0.4, -0.2) is 53.1 Å². The molecule has 1 aliphatic heterocycles. The van der Waals surface area contributed by atoms with Crippen LogP contribution in [0.4, 0.5) is 17.5 Å². The van der Waals surface area contributed by atoms with Gasteiger partial charge in [-0.3, -0.25) is 4.90 Å². The number of methoxy groups -OCH3 is 1. The highest BCUT2D eigenvalue weighted by atomic mass is 16.5. The Balaban J connectivity index is 1.30. The van der Waals surface area contributed by atoms with Crippen LogP contribution in [0.5, 0.6) is 5.88 Å². The molecule has 1 saturated heterocycles. The summed E-state index contributed by atoms with van der Waals surface area (Å²) < 4.78 is 5.13. The summed E-state index contributed by atoms with van der Waals surface area (Å²) in [7, 11) is 1.59. The maximum atomic E-state index is 5.13. The van der Waals surface area contributed by atoms with Crippen LogP contribution in [0, 0.1) is 0 Å². The number of aromatic nitrogens is 3. The lowest BCUT2D eigenvalue weighted by atomic mass is 10.1. The molecule has 4 rings (SSSR count). The molecule has 3 heterocycles. The van der Waals surface area contributed by atoms with Gasteiger partial charge in [0.25, 0.3) is 0 Å². The van der Waals surface area contributed by atoms with E-state index in [-0.39, 0.29) is 0 Å². The first-order valence-electron chi connectivity index (χ1n) is 9.41. The monoisotopic (exact) mass is 376 g/mol. The van der Waals surface area contributed by atoms with Crippen molar-refractivity contribution in [2.24, 2.45) is 0 Å². The van der Waals surface area contributed by atoms with Gasteiger partial charge in [0.05, 0.1) is 7.11 Å². The summed E-state index contributed by atoms with van der Waals surface area (Å²) in [6.45, 7) is 5.03. The summed E-state index contributed by atoms with van der Waals surface area (Å²) in [4.78, 5) is 17.8. The second-order valence-electron chi connectivity index (χ2n) is 6.70. The van der Waals surface area contributed by atoms with E-state index in [2.05, 4.69) is 60.4 Å². The first-order chi connectivity index (χ1) is 13.8. The number of piperazine rings is 1. The largest absolute Gasteiger partial charge is 0.481 e. The fourth-order valence-corrected chi connectivity index (χ4v) is 3.27. The highest BCUT2D eigenvalue weighted by Crippen LogP contribution is 2.18. The fourth-order valence-electron chi connectivity index (χ4n) is 3.27. The Kier molecular flexibility index (Phi) is 5.63. The molecule has 3 aromatic rings. The minimum absolute atomic E-state index is 0.526. The SMILES string of the molecule is COc1ccnc(Nc2ccc(CN3CCN(c4ccccn4)CC3)cc2)n1. The minimum atomic E-state index is 0.526. The van der Waals surface area contributed by atoms with Gasteiger partial charge in [-0.2, -0.15) is 4.98 Å². The molecule has 7 heteroatoms. The molecule has 144 valence electrons. The Morgan fingerprint density at radius 2 is 1.75 bits per heavy atom. The normalized spacial score (nSPS) is 14.7. The van der Waals surface area contributed by atoms with Gasteiger partial charge in [-0.05, 0) is 29.8 Å². The van der Waals surface area contributed by atoms with Crippen molar-refractivity contribution >= 4 is 17.5 Å². The van der Waals surface area contributed by atoms with E-state index in [9.17, 15) is 0 Å². The van der Waals surface area contributed by atoms with Crippen LogP contribution < -0.4 is 15.0 Å². The Hall–Kier alpha value is -3.19. The zero-order valence-electron chi connectivity index (χ0n) is 16.0. The smallest absolute Gasteiger partial charge is 0.230 e. The number of pyridine rings is 1. The average molecular weight is 376 g/mol. The average Bonchev–Trinajstić information content (AvgIpc) is 2.76. The predicted octanol–water partition coefficient (Wildman–Crippen LogP) is 2.95. The molecular formula is C21H24N6O. The predicted molar refractivity (Wildman–Crippen MR) is 110 cm³/mol. The zero-order chi connectivity index (χ0) is 19.2. The second-order valence-corrected chi connectivity index (χ2v) is 6.70. The van der Waals surface area contributed by atoms with Crippen molar-refractivity contribution in [3.8, 4) is 5.88 Å². The molecule has 2 aromatic heterocycles. The first-order valence-corrected chi connectivity index (χ1v) is 9.41. The number of hydrogen-bond acceptors (Lipinski definition) is 7. The lowest BCUT2D eigenvalue weighted by Crippen LogP contribution is -2.46. The molecule has 0 aliphatic carbocycles. The Bertz CT molecular complexity index is 879. The van der Waals surface area contributed by atoms with Gasteiger partial charge in [-0.1, -0.05) is 18.2 Å². The second kappa shape index (κ2) is 8.67. The number of nitrogens with zero attached hydrogens (tertiary/aromatic N) is 5. The van der Waals surface area contributed by atoms with Gasteiger partial charge in [0.2, 0.25) is 11.8 Å². The maximum Gasteiger partial charge on any atom is 0.230 e. The van der Waals surface area contributed by atoms with Crippen LogP contribution in [0.2, 0.25) is 0 Å². The minimum Gasteiger partial charge on any atom is -0.481 e. The molecule has 0 saturated carbocycles.